The summed E-state index contributed by atoms with van der Waals surface area (Å²) in [5.74, 6) is -3.77. The highest BCUT2D eigenvalue weighted by atomic mass is 16.6. The number of ether oxygens (including phenoxy) is 4. The van der Waals surface area contributed by atoms with E-state index in [1.165, 1.54) is 13.1 Å². The molecule has 0 unspecified atom stereocenters. The van der Waals surface area contributed by atoms with Gasteiger partial charge in [-0.3, -0.25) is 24.0 Å². The van der Waals surface area contributed by atoms with Gasteiger partial charge in [-0.1, -0.05) is 91.0 Å². The number of amides is 10. The van der Waals surface area contributed by atoms with E-state index in [0.717, 1.165) is 16.0 Å². The minimum Gasteiger partial charge on any atom is -0.508 e. The van der Waals surface area contributed by atoms with Gasteiger partial charge in [0.2, 0.25) is 29.5 Å². The number of nitrogens with one attached hydrogen (secondary N) is 9. The maximum absolute atomic E-state index is 15.1. The molecule has 1 heterocycles. The molecule has 0 aromatic heterocycles. The summed E-state index contributed by atoms with van der Waals surface area (Å²) in [5.41, 5.74) is 1.82. The molecule has 0 saturated heterocycles. The van der Waals surface area contributed by atoms with Crippen molar-refractivity contribution in [2.24, 2.45) is 0 Å². The van der Waals surface area contributed by atoms with Crippen LogP contribution < -0.4 is 47.9 Å². The van der Waals surface area contributed by atoms with Gasteiger partial charge in [0.25, 0.3) is 0 Å². The quantitative estimate of drug-likeness (QED) is 0.0260. The molecule has 90 heavy (non-hydrogen) atoms. The Morgan fingerprint density at radius 3 is 1.82 bits per heavy atom. The second-order valence-electron chi connectivity index (χ2n) is 23.6. The van der Waals surface area contributed by atoms with Gasteiger partial charge in [-0.15, -0.1) is 0 Å². The Labute approximate surface area is 524 Å². The summed E-state index contributed by atoms with van der Waals surface area (Å²) < 4.78 is 21.4. The molecule has 5 atom stereocenters. The molecule has 26 nitrogen and oxygen atoms in total. The number of carbonyl (C=O) groups is 10. The summed E-state index contributed by atoms with van der Waals surface area (Å²) in [5, 5.41) is 44.6. The maximum Gasteiger partial charge on any atom is 0.408 e. The van der Waals surface area contributed by atoms with Gasteiger partial charge in [-0.05, 0) is 126 Å². The standard InChI is InChI=1S/C64H86N10O16/c1-63(2,3)89-61(85)68-31-17-26-49-57(80)74(7)51(35-43-22-14-23-44(34-43)45-27-28-52(75)46(36-45)37-50(55(78)72-49)73-62(86)90-64(4,5)6)56(79)71-48(25-16-30-67-59(83)87-39-41-18-10-8-11-19-41)54(77)66-29-15-24-47(70-58(81)82)38-53(76)65-32-33-69-60(84)88-40-42-20-12-9-13-21-42/h8-14,18-23,27-28,34,36,47-51,70,75H,15-17,24-26,29-33,35,37-40H2,1-7H3,(H,65,76)(H,66,77)(H,67,83)(H,68,85)(H,69,84)(H,71,79)(H,72,78)(H,73,86)(H,81,82)/t47-,48-,49-,50-,51-/m0/s1. The minimum atomic E-state index is -1.43. The molecule has 0 aliphatic carbocycles. The maximum atomic E-state index is 15.1. The average Bonchev–Trinajstić information content (AvgIpc) is 1.32. The van der Waals surface area contributed by atoms with E-state index in [2.05, 4.69) is 47.9 Å². The van der Waals surface area contributed by atoms with Crippen LogP contribution >= 0.6 is 0 Å². The van der Waals surface area contributed by atoms with Gasteiger partial charge in [-0.25, -0.2) is 24.0 Å². The number of nitrogens with zero attached hydrogens (tertiary/aromatic N) is 1. The van der Waals surface area contributed by atoms with Crippen LogP contribution in [0.2, 0.25) is 0 Å². The molecule has 488 valence electrons. The van der Waals surface area contributed by atoms with Crippen molar-refractivity contribution in [2.45, 2.75) is 154 Å². The Morgan fingerprint density at radius 1 is 0.622 bits per heavy atom. The van der Waals surface area contributed by atoms with Crippen LogP contribution in [0.4, 0.5) is 24.0 Å². The fourth-order valence-electron chi connectivity index (χ4n) is 9.38. The number of aromatic hydroxyl groups is 1. The van der Waals surface area contributed by atoms with Gasteiger partial charge in [-0.2, -0.15) is 0 Å². The molecular formula is C64H86N10O16. The normalized spacial score (nSPS) is 15.7. The highest BCUT2D eigenvalue weighted by Crippen LogP contribution is 2.29. The average molecular weight is 1250 g/mol. The zero-order valence-corrected chi connectivity index (χ0v) is 52.1. The third-order valence-electron chi connectivity index (χ3n) is 13.8. The molecule has 0 radical (unpaired) electrons. The number of fused-ring (bicyclic) bond motifs is 5. The summed E-state index contributed by atoms with van der Waals surface area (Å²) in [6.07, 6.45) is -4.86. The van der Waals surface area contributed by atoms with Gasteiger partial charge in [0.15, 0.2) is 0 Å². The SMILES string of the molecule is CN1C(=O)[C@H](CCCNC(=O)OC(C)(C)C)NC(=O)[C@@H](NC(=O)OC(C)(C)C)Cc2cc(ccc2O)-c2cccc(c2)C[C@H]1C(=O)N[C@@H](CCCNC(=O)OCc1ccccc1)C(=O)NCCC[C@@H](CC(=O)NCCNC(=O)OCc1ccccc1)NC(=O)O. The van der Waals surface area contributed by atoms with Crippen molar-refractivity contribution in [3.63, 3.8) is 0 Å². The Balaban J connectivity index is 1.38. The number of likely N-dealkylation sites (N-methyl/N-ethyl adjacent to an activating group) is 1. The molecule has 0 spiro atoms. The van der Waals surface area contributed by atoms with Gasteiger partial charge < -0.3 is 81.9 Å². The summed E-state index contributed by atoms with van der Waals surface area (Å²) in [4.78, 5) is 136. The first-order valence-electron chi connectivity index (χ1n) is 29.9. The summed E-state index contributed by atoms with van der Waals surface area (Å²) in [6, 6.07) is 23.5. The number of hydrogen-bond donors (Lipinski definition) is 11. The second-order valence-corrected chi connectivity index (χ2v) is 23.6. The largest absolute Gasteiger partial charge is 0.508 e. The van der Waals surface area contributed by atoms with E-state index in [-0.39, 0.29) is 115 Å². The molecule has 4 bridgehead atoms. The number of carbonyl (C=O) groups excluding carboxylic acids is 9. The Morgan fingerprint density at radius 2 is 1.19 bits per heavy atom. The van der Waals surface area contributed by atoms with Crippen molar-refractivity contribution >= 4 is 60.0 Å². The lowest BCUT2D eigenvalue weighted by Gasteiger charge is -2.33. The fourth-order valence-corrected chi connectivity index (χ4v) is 9.38. The fraction of sp³-hybridized carbons (Fsp3) is 0.469. The third kappa shape index (κ3) is 26.4. The van der Waals surface area contributed by atoms with Crippen LogP contribution in [0.3, 0.4) is 0 Å². The van der Waals surface area contributed by atoms with Gasteiger partial charge >= 0.3 is 30.5 Å². The van der Waals surface area contributed by atoms with Crippen LogP contribution in [0.1, 0.15) is 109 Å². The summed E-state index contributed by atoms with van der Waals surface area (Å²) in [7, 11) is 1.37. The molecular weight excluding hydrogens is 1160 g/mol. The first-order valence-corrected chi connectivity index (χ1v) is 29.9. The van der Waals surface area contributed by atoms with E-state index in [1.807, 2.05) is 24.3 Å². The minimum absolute atomic E-state index is 0.00373. The molecule has 10 amide bonds. The predicted octanol–water partition coefficient (Wildman–Crippen LogP) is 5.82. The number of alkyl carbamates (subject to hydrolysis) is 4. The van der Waals surface area contributed by atoms with Crippen LogP contribution in [0.5, 0.6) is 5.75 Å². The van der Waals surface area contributed by atoms with E-state index in [4.69, 9.17) is 18.9 Å². The van der Waals surface area contributed by atoms with Crippen LogP contribution in [-0.2, 0) is 69.0 Å². The molecule has 4 aromatic carbocycles. The van der Waals surface area contributed by atoms with Crippen LogP contribution in [0, 0.1) is 0 Å². The van der Waals surface area contributed by atoms with Crippen LogP contribution in [0.15, 0.2) is 103 Å². The number of rotatable bonds is 26. The third-order valence-corrected chi connectivity index (χ3v) is 13.8. The smallest absolute Gasteiger partial charge is 0.408 e. The molecule has 11 N–H and O–H groups in total. The number of phenols is 1. The first-order chi connectivity index (χ1) is 42.7. The lowest BCUT2D eigenvalue weighted by atomic mass is 9.95. The molecule has 1 aliphatic rings. The highest BCUT2D eigenvalue weighted by Gasteiger charge is 2.36. The highest BCUT2D eigenvalue weighted by molar-refractivity contribution is 5.95. The first kappa shape index (κ1) is 71.1. The van der Waals surface area contributed by atoms with Crippen molar-refractivity contribution in [2.75, 3.05) is 39.8 Å². The molecule has 0 fully saturated rings. The van der Waals surface area contributed by atoms with E-state index in [9.17, 15) is 48.6 Å². The molecule has 26 heteroatoms. The van der Waals surface area contributed by atoms with E-state index in [0.29, 0.717) is 16.7 Å². The van der Waals surface area contributed by atoms with Crippen molar-refractivity contribution in [3.8, 4) is 16.9 Å². The zero-order chi connectivity index (χ0) is 65.8. The molecule has 4 aromatic rings. The number of hydrogen-bond acceptors (Lipinski definition) is 15. The van der Waals surface area contributed by atoms with E-state index < -0.39 is 101 Å². The lowest BCUT2D eigenvalue weighted by molar-refractivity contribution is -0.143. The topological polar surface area (TPSA) is 360 Å². The summed E-state index contributed by atoms with van der Waals surface area (Å²) >= 11 is 0. The number of benzene rings is 4. The monoisotopic (exact) mass is 1250 g/mol. The Bertz CT molecular complexity index is 3060. The van der Waals surface area contributed by atoms with Crippen molar-refractivity contribution in [1.29, 1.82) is 0 Å². The van der Waals surface area contributed by atoms with Crippen LogP contribution in [-0.4, -0.2) is 156 Å². The zero-order valence-electron chi connectivity index (χ0n) is 52.1. The lowest BCUT2D eigenvalue weighted by Crippen LogP contribution is -2.59. The number of phenolic OH excluding ortho intramolecular Hbond substituents is 1. The molecule has 1 aliphatic heterocycles. The predicted molar refractivity (Wildman–Crippen MR) is 331 cm³/mol. The summed E-state index contributed by atoms with van der Waals surface area (Å²) in [6.45, 7) is 10.0. The van der Waals surface area contributed by atoms with Crippen LogP contribution in [0.25, 0.3) is 11.1 Å². The van der Waals surface area contributed by atoms with Crippen molar-refractivity contribution < 1.29 is 77.1 Å². The number of carboxylic acid groups (broad SMARTS) is 1. The van der Waals surface area contributed by atoms with Crippen molar-refractivity contribution in [3.05, 3.63) is 125 Å². The Kier molecular flexibility index (Phi) is 28.0. The van der Waals surface area contributed by atoms with Gasteiger partial charge in [0, 0.05) is 65.1 Å². The Hall–Kier alpha value is -9.62. The molecule has 5 rings (SSSR count). The molecule has 0 saturated carbocycles. The van der Waals surface area contributed by atoms with Gasteiger partial charge in [0.1, 0.15) is 54.3 Å². The second kappa shape index (κ2) is 35.4. The van der Waals surface area contributed by atoms with Gasteiger partial charge in [0.05, 0.1) is 0 Å². The van der Waals surface area contributed by atoms with E-state index >= 15 is 9.59 Å². The van der Waals surface area contributed by atoms with E-state index in [1.54, 1.807) is 114 Å². The van der Waals surface area contributed by atoms with Crippen molar-refractivity contribution in [1.82, 2.24) is 52.8 Å².